The molecule has 0 aliphatic heterocycles. The molecule has 0 fully saturated rings. The van der Waals surface area contributed by atoms with E-state index in [1.54, 1.807) is 0 Å². The number of benzene rings is 8. The molecule has 8 aromatic carbocycles. The summed E-state index contributed by atoms with van der Waals surface area (Å²) in [4.78, 5) is 0. The lowest BCUT2D eigenvalue weighted by molar-refractivity contribution is 0.669. The lowest BCUT2D eigenvalue weighted by Crippen LogP contribution is -1.93. The zero-order valence-corrected chi connectivity index (χ0v) is 21.4. The molecule has 1 aromatic heterocycles. The fourth-order valence-electron chi connectivity index (χ4n) is 5.17. The predicted molar refractivity (Wildman–Crippen MR) is 183 cm³/mol. The first-order chi connectivity index (χ1) is 32.2. The van der Waals surface area contributed by atoms with Crippen molar-refractivity contribution >= 4 is 54.3 Å². The summed E-state index contributed by atoms with van der Waals surface area (Å²) < 4.78 is 239. The molecule has 0 N–H and O–H groups in total. The Morgan fingerprint density at radius 2 is 0.860 bits per heavy atom. The van der Waals surface area contributed by atoms with Gasteiger partial charge < -0.3 is 4.42 Å². The lowest BCUT2D eigenvalue weighted by Gasteiger charge is -2.20. The molecule has 1 nitrogen and oxygen atoms in total. The van der Waals surface area contributed by atoms with Gasteiger partial charge in [-0.3, -0.25) is 0 Å². The number of para-hydroxylation sites is 1. The van der Waals surface area contributed by atoms with Gasteiger partial charge in [-0.25, -0.2) is 0 Å². The molecular formula is C42H26O. The minimum Gasteiger partial charge on any atom is -0.456 e. The zero-order chi connectivity index (χ0) is 51.0. The summed E-state index contributed by atoms with van der Waals surface area (Å²) in [6.07, 6.45) is 0. The Labute approximate surface area is 285 Å². The van der Waals surface area contributed by atoms with Crippen LogP contribution in [0.2, 0.25) is 0 Å². The first-order valence-corrected chi connectivity index (χ1v) is 12.7. The van der Waals surface area contributed by atoms with Crippen molar-refractivity contribution in [2.75, 3.05) is 0 Å². The highest BCUT2D eigenvalue weighted by Gasteiger charge is 2.20. The van der Waals surface area contributed by atoms with Gasteiger partial charge in [-0.2, -0.15) is 0 Å². The number of rotatable bonds is 3. The summed E-state index contributed by atoms with van der Waals surface area (Å²) in [5.41, 5.74) is -5.93. The molecule has 0 unspecified atom stereocenters. The van der Waals surface area contributed by atoms with Crippen LogP contribution in [0.3, 0.4) is 0 Å². The molecule has 9 rings (SSSR count). The predicted octanol–water partition coefficient (Wildman–Crippen LogP) is 12.0. The zero-order valence-electron chi connectivity index (χ0n) is 47.4. The minimum atomic E-state index is -1.03. The smallest absolute Gasteiger partial charge is 0.136 e. The molecule has 0 aliphatic rings. The van der Waals surface area contributed by atoms with Crippen LogP contribution in [0.4, 0.5) is 0 Å². The normalized spacial score (nSPS) is 20.2. The van der Waals surface area contributed by atoms with E-state index < -0.39 is 239 Å². The molecule has 0 saturated carbocycles. The van der Waals surface area contributed by atoms with Gasteiger partial charge in [0.05, 0.1) is 35.6 Å². The molecule has 9 aromatic rings. The third-order valence-electron chi connectivity index (χ3n) is 6.95. The Bertz CT molecular complexity index is 3860. The average molecular weight is 573 g/mol. The van der Waals surface area contributed by atoms with Crippen molar-refractivity contribution < 1.29 is 40.1 Å². The molecule has 0 saturated heterocycles. The van der Waals surface area contributed by atoms with Crippen LogP contribution in [0, 0.1) is 0 Å². The van der Waals surface area contributed by atoms with E-state index in [4.69, 9.17) is 27.7 Å². The standard InChI is InChI=1S/C42H26O/c1-2-12-27(13-3-1)37-24-28-14-4-5-15-29(28)25-38(37)42-35-19-8-6-17-33(35)41(34-18-7-9-20-36(34)42)30-22-23-32-31-16-10-11-21-39(31)43-40(32)26-30/h1-26H/i1D,2D,3D,4D,5D,6D,7D,8D,9D,10D,11D,12D,13D,14D,15D,16D,17D,18D,19D,20D,21D,22D,23D,24D,25D,26D. The summed E-state index contributed by atoms with van der Waals surface area (Å²) in [5.74, 6) is 0. The highest BCUT2D eigenvalue weighted by molar-refractivity contribution is 6.23. The Morgan fingerprint density at radius 1 is 0.349 bits per heavy atom. The van der Waals surface area contributed by atoms with Crippen molar-refractivity contribution in [3.63, 3.8) is 0 Å². The van der Waals surface area contributed by atoms with Crippen LogP contribution in [0.1, 0.15) is 35.6 Å². The summed E-state index contributed by atoms with van der Waals surface area (Å²) in [5, 5.41) is -5.26. The SMILES string of the molecule is [2H]c1c([2H])c([2H])c(-c2c(-c3c4c([2H])c([2H])c([2H])c([2H])c4c(-c4c([2H])c([2H])c5c(oc6c([2H])c([2H])c([2H])c([2H])c65)c4[2H])c4c([2H])c([2H])c([2H])c([2H])c34)c([2H])c3c([2H])c([2H])c([2H])c([2H])c3c2[2H])c([2H])c1[2H]. The fraction of sp³-hybridized carbons (Fsp3) is 0. The van der Waals surface area contributed by atoms with Crippen LogP contribution >= 0.6 is 0 Å². The molecule has 0 atom stereocenters. The molecule has 0 amide bonds. The van der Waals surface area contributed by atoms with Crippen LogP contribution in [0.5, 0.6) is 0 Å². The lowest BCUT2D eigenvalue weighted by atomic mass is 9.83. The molecule has 200 valence electrons. The second-order valence-corrected chi connectivity index (χ2v) is 9.26. The van der Waals surface area contributed by atoms with Crippen molar-refractivity contribution in [1.29, 1.82) is 0 Å². The van der Waals surface area contributed by atoms with Gasteiger partial charge in [0.25, 0.3) is 0 Å². The van der Waals surface area contributed by atoms with Crippen LogP contribution in [0.25, 0.3) is 87.6 Å². The highest BCUT2D eigenvalue weighted by atomic mass is 16.3. The van der Waals surface area contributed by atoms with Crippen LogP contribution < -0.4 is 0 Å². The Balaban J connectivity index is 1.68. The second-order valence-electron chi connectivity index (χ2n) is 9.26. The molecule has 0 bridgehead atoms. The third kappa shape index (κ3) is 3.72. The first-order valence-electron chi connectivity index (χ1n) is 25.7. The van der Waals surface area contributed by atoms with Crippen LogP contribution in [-0.2, 0) is 0 Å². The first kappa shape index (κ1) is 9.69. The van der Waals surface area contributed by atoms with Crippen molar-refractivity contribution in [2.45, 2.75) is 0 Å². The van der Waals surface area contributed by atoms with Gasteiger partial charge in [0.15, 0.2) is 0 Å². The third-order valence-corrected chi connectivity index (χ3v) is 6.95. The minimum absolute atomic E-state index is 0.382. The van der Waals surface area contributed by atoms with E-state index in [1.807, 2.05) is 0 Å². The van der Waals surface area contributed by atoms with Crippen molar-refractivity contribution in [2.24, 2.45) is 0 Å². The van der Waals surface area contributed by atoms with Gasteiger partial charge in [-0.05, 0) is 95.9 Å². The number of hydrogen-bond donors (Lipinski definition) is 0. The maximum atomic E-state index is 9.85. The maximum Gasteiger partial charge on any atom is 0.136 e. The van der Waals surface area contributed by atoms with Crippen molar-refractivity contribution in [3.8, 4) is 33.4 Å². The number of furan rings is 1. The molecule has 1 heteroatoms. The van der Waals surface area contributed by atoms with E-state index in [9.17, 15) is 12.3 Å². The molecule has 0 spiro atoms. The number of hydrogen-bond acceptors (Lipinski definition) is 1. The van der Waals surface area contributed by atoms with E-state index >= 15 is 0 Å². The quantitative estimate of drug-likeness (QED) is 0.192. The van der Waals surface area contributed by atoms with E-state index in [0.717, 1.165) is 0 Å². The van der Waals surface area contributed by atoms with Gasteiger partial charge in [0.1, 0.15) is 11.2 Å². The van der Waals surface area contributed by atoms with Crippen molar-refractivity contribution in [3.05, 3.63) is 157 Å². The summed E-state index contributed by atoms with van der Waals surface area (Å²) in [6.45, 7) is 0. The Kier molecular flexibility index (Phi) is 2.13. The molecule has 43 heavy (non-hydrogen) atoms. The molecule has 0 radical (unpaired) electrons. The Morgan fingerprint density at radius 3 is 1.53 bits per heavy atom. The maximum absolute atomic E-state index is 9.85. The Hall–Kier alpha value is -5.66. The van der Waals surface area contributed by atoms with Gasteiger partial charge >= 0.3 is 0 Å². The molecule has 0 aliphatic carbocycles. The summed E-state index contributed by atoms with van der Waals surface area (Å²) >= 11 is 0. The van der Waals surface area contributed by atoms with E-state index in [1.165, 1.54) is 0 Å². The number of fused-ring (bicyclic) bond motifs is 6. The van der Waals surface area contributed by atoms with Gasteiger partial charge in [-0.1, -0.05) is 127 Å². The summed E-state index contributed by atoms with van der Waals surface area (Å²) in [7, 11) is 0. The second kappa shape index (κ2) is 9.44. The summed E-state index contributed by atoms with van der Waals surface area (Å²) in [6, 6.07) is -24.2. The topological polar surface area (TPSA) is 13.1 Å². The van der Waals surface area contributed by atoms with Crippen LogP contribution in [-0.4, -0.2) is 0 Å². The van der Waals surface area contributed by atoms with Gasteiger partial charge in [0, 0.05) is 10.8 Å². The van der Waals surface area contributed by atoms with E-state index in [0.29, 0.717) is 0 Å². The van der Waals surface area contributed by atoms with Gasteiger partial charge in [0.2, 0.25) is 0 Å². The fourth-order valence-corrected chi connectivity index (χ4v) is 5.17. The van der Waals surface area contributed by atoms with E-state index in [2.05, 4.69) is 0 Å². The molecule has 1 heterocycles. The van der Waals surface area contributed by atoms with Gasteiger partial charge in [-0.15, -0.1) is 0 Å². The largest absolute Gasteiger partial charge is 0.456 e. The highest BCUT2D eigenvalue weighted by Crippen LogP contribution is 2.47. The van der Waals surface area contributed by atoms with Crippen molar-refractivity contribution in [1.82, 2.24) is 0 Å². The monoisotopic (exact) mass is 572 g/mol. The van der Waals surface area contributed by atoms with E-state index in [-0.39, 0.29) is 5.39 Å². The van der Waals surface area contributed by atoms with Crippen LogP contribution in [0.15, 0.2) is 162 Å². The average Bonchev–Trinajstić information content (AvgIpc) is 3.73. The molecular weight excluding hydrogens is 520 g/mol.